The minimum Gasteiger partial charge on any atom is -0.456 e. The Hall–Kier alpha value is -2.64. The maximum Gasteiger partial charge on any atom is 0.304 e. The first kappa shape index (κ1) is 16.2. The lowest BCUT2D eigenvalue weighted by molar-refractivity contribution is 0.0840. The van der Waals surface area contributed by atoms with E-state index >= 15 is 0 Å². The first-order valence-electron chi connectivity index (χ1n) is 6.88. The monoisotopic (exact) mass is 346 g/mol. The molecular formula is C17H9F3N2OS. The van der Waals surface area contributed by atoms with Gasteiger partial charge < -0.3 is 4.74 Å². The van der Waals surface area contributed by atoms with Crippen LogP contribution in [-0.4, -0.2) is 5.25 Å². The van der Waals surface area contributed by atoms with Crippen LogP contribution in [0.2, 0.25) is 0 Å². The van der Waals surface area contributed by atoms with Crippen LogP contribution in [0.1, 0.15) is 29.5 Å². The molecular weight excluding hydrogens is 337 g/mol. The first-order valence-corrected chi connectivity index (χ1v) is 7.69. The van der Waals surface area contributed by atoms with Gasteiger partial charge in [0.1, 0.15) is 23.4 Å². The summed E-state index contributed by atoms with van der Waals surface area (Å²) in [6.07, 6.45) is 0. The third-order valence-electron chi connectivity index (χ3n) is 3.69. The SMILES string of the molecule is C[C@@H]1c2c(ccc(Oc3cc(F)cc(C#N)c3)c2C#N)SC1(F)F. The predicted octanol–water partition coefficient (Wildman–Crippen LogP) is 5.16. The van der Waals surface area contributed by atoms with Crippen molar-refractivity contribution in [1.82, 2.24) is 0 Å². The van der Waals surface area contributed by atoms with Crippen LogP contribution in [0.25, 0.3) is 0 Å². The number of benzene rings is 2. The quantitative estimate of drug-likeness (QED) is 0.753. The maximum absolute atomic E-state index is 13.9. The van der Waals surface area contributed by atoms with Crippen LogP contribution in [0.4, 0.5) is 13.2 Å². The van der Waals surface area contributed by atoms with E-state index in [0.717, 1.165) is 12.1 Å². The van der Waals surface area contributed by atoms with Crippen molar-refractivity contribution < 1.29 is 17.9 Å². The molecule has 3 nitrogen and oxygen atoms in total. The lowest BCUT2D eigenvalue weighted by Gasteiger charge is -2.15. The van der Waals surface area contributed by atoms with E-state index in [2.05, 4.69) is 0 Å². The summed E-state index contributed by atoms with van der Waals surface area (Å²) >= 11 is 0.411. The van der Waals surface area contributed by atoms with Crippen molar-refractivity contribution in [3.63, 3.8) is 0 Å². The molecule has 1 atom stereocenters. The van der Waals surface area contributed by atoms with Crippen LogP contribution in [0.5, 0.6) is 11.5 Å². The Kier molecular flexibility index (Phi) is 3.90. The molecule has 0 aliphatic carbocycles. The Morgan fingerprint density at radius 3 is 2.58 bits per heavy atom. The van der Waals surface area contributed by atoms with Gasteiger partial charge in [-0.05, 0) is 29.8 Å². The summed E-state index contributed by atoms with van der Waals surface area (Å²) < 4.78 is 46.8. The molecule has 0 bridgehead atoms. The van der Waals surface area contributed by atoms with Crippen molar-refractivity contribution >= 4 is 11.8 Å². The van der Waals surface area contributed by atoms with E-state index in [1.807, 2.05) is 6.07 Å². The third-order valence-corrected chi connectivity index (χ3v) is 4.89. The average Bonchev–Trinajstić information content (AvgIpc) is 2.77. The minimum absolute atomic E-state index is 0.00700. The van der Waals surface area contributed by atoms with Crippen molar-refractivity contribution in [2.45, 2.75) is 23.0 Å². The summed E-state index contributed by atoms with van der Waals surface area (Å²) in [7, 11) is 0. The molecule has 0 saturated heterocycles. The van der Waals surface area contributed by atoms with Gasteiger partial charge in [-0.2, -0.15) is 19.3 Å². The fourth-order valence-electron chi connectivity index (χ4n) is 2.52. The Balaban J connectivity index is 2.06. The van der Waals surface area contributed by atoms with E-state index in [9.17, 15) is 18.4 Å². The number of nitriles is 2. The van der Waals surface area contributed by atoms with Gasteiger partial charge >= 0.3 is 5.25 Å². The molecule has 1 aliphatic rings. The summed E-state index contributed by atoms with van der Waals surface area (Å²) in [5, 5.41) is 15.3. The molecule has 7 heteroatoms. The van der Waals surface area contributed by atoms with Crippen molar-refractivity contribution in [1.29, 1.82) is 10.5 Å². The van der Waals surface area contributed by atoms with E-state index in [0.29, 0.717) is 16.7 Å². The van der Waals surface area contributed by atoms with Crippen LogP contribution >= 0.6 is 11.8 Å². The van der Waals surface area contributed by atoms with Crippen molar-refractivity contribution in [2.75, 3.05) is 0 Å². The molecule has 1 aliphatic heterocycles. The van der Waals surface area contributed by atoms with E-state index < -0.39 is 17.0 Å². The second kappa shape index (κ2) is 5.77. The summed E-state index contributed by atoms with van der Waals surface area (Å²) in [6, 6.07) is 9.96. The second-order valence-corrected chi connectivity index (χ2v) is 6.43. The Labute approximate surface area is 140 Å². The molecule has 0 amide bonds. The molecule has 2 aromatic rings. The van der Waals surface area contributed by atoms with Crippen LogP contribution in [0, 0.1) is 28.5 Å². The number of rotatable bonds is 2. The van der Waals surface area contributed by atoms with Gasteiger partial charge in [0.15, 0.2) is 0 Å². The molecule has 0 N–H and O–H groups in total. The number of hydrogen-bond acceptors (Lipinski definition) is 4. The number of nitrogens with zero attached hydrogens (tertiary/aromatic N) is 2. The van der Waals surface area contributed by atoms with Crippen LogP contribution < -0.4 is 4.74 Å². The van der Waals surface area contributed by atoms with E-state index in [1.54, 1.807) is 6.07 Å². The smallest absolute Gasteiger partial charge is 0.304 e. The van der Waals surface area contributed by atoms with Crippen molar-refractivity contribution in [3.05, 3.63) is 52.8 Å². The molecule has 0 saturated carbocycles. The highest BCUT2D eigenvalue weighted by Gasteiger charge is 2.47. The molecule has 0 unspecified atom stereocenters. The summed E-state index contributed by atoms with van der Waals surface area (Å²) in [4.78, 5) is 0.327. The molecule has 0 radical (unpaired) electrons. The molecule has 0 fully saturated rings. The topological polar surface area (TPSA) is 56.8 Å². The van der Waals surface area contributed by atoms with Gasteiger partial charge in [0.2, 0.25) is 0 Å². The summed E-state index contributed by atoms with van der Waals surface area (Å²) in [5.74, 6) is -1.74. The number of hydrogen-bond donors (Lipinski definition) is 0. The minimum atomic E-state index is -3.00. The molecule has 0 aromatic heterocycles. The molecule has 120 valence electrons. The number of fused-ring (bicyclic) bond motifs is 1. The van der Waals surface area contributed by atoms with Gasteiger partial charge in [0, 0.05) is 11.0 Å². The Morgan fingerprint density at radius 2 is 1.92 bits per heavy atom. The number of halogens is 3. The van der Waals surface area contributed by atoms with E-state index in [-0.39, 0.29) is 28.2 Å². The van der Waals surface area contributed by atoms with Gasteiger partial charge in [-0.15, -0.1) is 0 Å². The van der Waals surface area contributed by atoms with Crippen LogP contribution in [0.3, 0.4) is 0 Å². The standard InChI is InChI=1S/C17H9F3N2OS/c1-9-16-13(8-22)14(2-3-15(16)24-17(9,19)20)23-12-5-10(7-21)4-11(18)6-12/h2-6,9H,1H3/t9-/m1/s1. The second-order valence-electron chi connectivity index (χ2n) is 5.24. The fourth-order valence-corrected chi connectivity index (χ4v) is 3.63. The molecule has 0 spiro atoms. The van der Waals surface area contributed by atoms with Gasteiger partial charge in [-0.25, -0.2) is 4.39 Å². The van der Waals surface area contributed by atoms with Gasteiger partial charge in [0.25, 0.3) is 0 Å². The normalized spacial score (nSPS) is 17.7. The summed E-state index contributed by atoms with van der Waals surface area (Å²) in [5.41, 5.74) is 0.273. The highest BCUT2D eigenvalue weighted by molar-refractivity contribution is 8.00. The zero-order valence-electron chi connectivity index (χ0n) is 12.3. The largest absolute Gasteiger partial charge is 0.456 e. The average molecular weight is 346 g/mol. The van der Waals surface area contributed by atoms with Crippen LogP contribution in [-0.2, 0) is 0 Å². The molecule has 1 heterocycles. The summed E-state index contributed by atoms with van der Waals surface area (Å²) in [6.45, 7) is 1.35. The lowest BCUT2D eigenvalue weighted by Crippen LogP contribution is -2.14. The zero-order chi connectivity index (χ0) is 17.5. The highest BCUT2D eigenvalue weighted by Crippen LogP contribution is 2.57. The molecule has 24 heavy (non-hydrogen) atoms. The van der Waals surface area contributed by atoms with Crippen molar-refractivity contribution in [3.8, 4) is 23.6 Å². The lowest BCUT2D eigenvalue weighted by atomic mass is 9.96. The number of alkyl halides is 2. The first-order chi connectivity index (χ1) is 11.4. The van der Waals surface area contributed by atoms with Gasteiger partial charge in [-0.1, -0.05) is 18.7 Å². The molecule has 2 aromatic carbocycles. The van der Waals surface area contributed by atoms with Crippen molar-refractivity contribution in [2.24, 2.45) is 0 Å². The van der Waals surface area contributed by atoms with Gasteiger partial charge in [-0.3, -0.25) is 0 Å². The number of ether oxygens (including phenoxy) is 1. The van der Waals surface area contributed by atoms with E-state index in [1.165, 1.54) is 25.1 Å². The highest BCUT2D eigenvalue weighted by atomic mass is 32.2. The Morgan fingerprint density at radius 1 is 1.17 bits per heavy atom. The predicted molar refractivity (Wildman–Crippen MR) is 81.6 cm³/mol. The van der Waals surface area contributed by atoms with E-state index in [4.69, 9.17) is 10.00 Å². The Bertz CT molecular complexity index is 915. The maximum atomic E-state index is 13.9. The number of thioether (sulfide) groups is 1. The van der Waals surface area contributed by atoms with Crippen LogP contribution in [0.15, 0.2) is 35.2 Å². The van der Waals surface area contributed by atoms with Gasteiger partial charge in [0.05, 0.1) is 23.1 Å². The fraction of sp³-hybridized carbons (Fsp3) is 0.176. The molecule has 3 rings (SSSR count). The zero-order valence-corrected chi connectivity index (χ0v) is 13.1. The third kappa shape index (κ3) is 2.68.